The molecule has 0 radical (unpaired) electrons. The number of methoxy groups -OCH3 is 1. The maximum Gasteiger partial charge on any atom is 0.341 e. The molecule has 6 nitrogen and oxygen atoms in total. The molecule has 0 bridgehead atoms. The zero-order chi connectivity index (χ0) is 22.5. The molecule has 0 heterocycles. The smallest absolute Gasteiger partial charge is 0.341 e. The van der Waals surface area contributed by atoms with Crippen molar-refractivity contribution < 1.29 is 23.8 Å². The van der Waals surface area contributed by atoms with Crippen LogP contribution < -0.4 is 14.8 Å². The third-order valence-corrected chi connectivity index (χ3v) is 4.72. The van der Waals surface area contributed by atoms with Crippen LogP contribution in [0.3, 0.4) is 0 Å². The average Bonchev–Trinajstić information content (AvgIpc) is 2.68. The monoisotopic (exact) mass is 433 g/mol. The van der Waals surface area contributed by atoms with Crippen LogP contribution in [0, 0.1) is 0 Å². The van der Waals surface area contributed by atoms with Crippen LogP contribution in [0.1, 0.15) is 50.5 Å². The highest BCUT2D eigenvalue weighted by atomic mass is 35.5. The molecule has 0 saturated carbocycles. The predicted molar refractivity (Wildman–Crippen MR) is 118 cm³/mol. The number of esters is 1. The van der Waals surface area contributed by atoms with Gasteiger partial charge in [-0.2, -0.15) is 0 Å². The number of carbonyl (C=O) groups is 2. The molecular weight excluding hydrogens is 406 g/mol. The molecule has 2 rings (SSSR count). The number of amides is 1. The lowest BCUT2D eigenvalue weighted by atomic mass is 9.86. The van der Waals surface area contributed by atoms with Crippen LogP contribution in [-0.4, -0.2) is 31.7 Å². The summed E-state index contributed by atoms with van der Waals surface area (Å²) in [6.07, 6.45) is -0.778. The first-order valence-corrected chi connectivity index (χ1v) is 10.1. The molecule has 162 valence electrons. The summed E-state index contributed by atoms with van der Waals surface area (Å²) < 4.78 is 16.2. The largest absolute Gasteiger partial charge is 0.496 e. The number of benzene rings is 2. The van der Waals surface area contributed by atoms with Gasteiger partial charge in [-0.1, -0.05) is 50.6 Å². The van der Waals surface area contributed by atoms with Crippen molar-refractivity contribution >= 4 is 29.2 Å². The first-order valence-electron chi connectivity index (χ1n) is 9.70. The van der Waals surface area contributed by atoms with E-state index in [-0.39, 0.29) is 34.3 Å². The van der Waals surface area contributed by atoms with Crippen molar-refractivity contribution in [2.45, 2.75) is 46.1 Å². The minimum absolute atomic E-state index is 0.133. The lowest BCUT2D eigenvalue weighted by Gasteiger charge is -2.24. The van der Waals surface area contributed by atoms with Crippen molar-refractivity contribution in [3.8, 4) is 11.5 Å². The molecule has 1 N–H and O–H groups in total. The van der Waals surface area contributed by atoms with E-state index in [9.17, 15) is 9.59 Å². The second-order valence-corrected chi connectivity index (χ2v) is 8.16. The van der Waals surface area contributed by atoms with Gasteiger partial charge in [-0.3, -0.25) is 4.79 Å². The second-order valence-electron chi connectivity index (χ2n) is 7.75. The van der Waals surface area contributed by atoms with Crippen LogP contribution in [-0.2, 0) is 14.9 Å². The lowest BCUT2D eigenvalue weighted by molar-refractivity contribution is -0.122. The number of hydrogen-bond donors (Lipinski definition) is 1. The molecule has 0 aliphatic carbocycles. The lowest BCUT2D eigenvalue weighted by Crippen LogP contribution is -2.31. The van der Waals surface area contributed by atoms with Gasteiger partial charge in [0.05, 0.1) is 24.4 Å². The standard InChI is InChI=1S/C23H28ClNO5/c1-7-29-22(27)15-12-17(24)18(13-20(15)28-6)25-21(26)14(2)30-19-11-9-8-10-16(19)23(3,4)5/h8-14H,7H2,1-6H3,(H,25,26). The number of hydrogen-bond acceptors (Lipinski definition) is 5. The zero-order valence-corrected chi connectivity index (χ0v) is 18.9. The summed E-state index contributed by atoms with van der Waals surface area (Å²) in [6, 6.07) is 10.5. The van der Waals surface area contributed by atoms with Gasteiger partial charge in [-0.25, -0.2) is 4.79 Å². The van der Waals surface area contributed by atoms with E-state index in [0.717, 1.165) is 5.56 Å². The molecule has 0 aromatic heterocycles. The third-order valence-electron chi connectivity index (χ3n) is 4.41. The minimum Gasteiger partial charge on any atom is -0.496 e. The summed E-state index contributed by atoms with van der Waals surface area (Å²) in [5.74, 6) is -0.0371. The number of carbonyl (C=O) groups excluding carboxylic acids is 2. The SMILES string of the molecule is CCOC(=O)c1cc(Cl)c(NC(=O)C(C)Oc2ccccc2C(C)(C)C)cc1OC. The molecular formula is C23H28ClNO5. The Morgan fingerprint density at radius 3 is 2.40 bits per heavy atom. The van der Waals surface area contributed by atoms with Gasteiger partial charge in [0, 0.05) is 6.07 Å². The number of ether oxygens (including phenoxy) is 3. The zero-order valence-electron chi connectivity index (χ0n) is 18.2. The molecule has 0 saturated heterocycles. The van der Waals surface area contributed by atoms with E-state index in [1.165, 1.54) is 19.2 Å². The van der Waals surface area contributed by atoms with Crippen LogP contribution in [0.2, 0.25) is 5.02 Å². The Hall–Kier alpha value is -2.73. The molecule has 0 aliphatic heterocycles. The molecule has 30 heavy (non-hydrogen) atoms. The van der Waals surface area contributed by atoms with E-state index >= 15 is 0 Å². The van der Waals surface area contributed by atoms with Crippen molar-refractivity contribution in [3.05, 3.63) is 52.5 Å². The Morgan fingerprint density at radius 2 is 1.80 bits per heavy atom. The average molecular weight is 434 g/mol. The number of halogens is 1. The van der Waals surface area contributed by atoms with Gasteiger partial charge >= 0.3 is 5.97 Å². The Kier molecular flexibility index (Phi) is 7.73. The Balaban J connectivity index is 2.21. The first kappa shape index (κ1) is 23.5. The third kappa shape index (κ3) is 5.66. The molecule has 0 fully saturated rings. The number of para-hydroxylation sites is 1. The molecule has 7 heteroatoms. The van der Waals surface area contributed by atoms with Crippen molar-refractivity contribution in [2.24, 2.45) is 0 Å². The minimum atomic E-state index is -0.778. The van der Waals surface area contributed by atoms with Crippen molar-refractivity contribution in [1.82, 2.24) is 0 Å². The fourth-order valence-corrected chi connectivity index (χ4v) is 3.06. The first-order chi connectivity index (χ1) is 14.1. The van der Waals surface area contributed by atoms with E-state index < -0.39 is 12.1 Å². The molecule has 1 unspecified atom stereocenters. The van der Waals surface area contributed by atoms with Crippen molar-refractivity contribution in [2.75, 3.05) is 19.0 Å². The Labute approximate surface area is 182 Å². The van der Waals surface area contributed by atoms with Gasteiger partial charge in [0.15, 0.2) is 6.10 Å². The van der Waals surface area contributed by atoms with E-state index in [0.29, 0.717) is 11.4 Å². The van der Waals surface area contributed by atoms with Crippen LogP contribution in [0.25, 0.3) is 0 Å². The van der Waals surface area contributed by atoms with Crippen molar-refractivity contribution in [3.63, 3.8) is 0 Å². The summed E-state index contributed by atoms with van der Waals surface area (Å²) in [5.41, 5.74) is 1.37. The summed E-state index contributed by atoms with van der Waals surface area (Å²) in [7, 11) is 1.42. The van der Waals surface area contributed by atoms with Gasteiger partial charge < -0.3 is 19.5 Å². The highest BCUT2D eigenvalue weighted by molar-refractivity contribution is 6.34. The highest BCUT2D eigenvalue weighted by Crippen LogP contribution is 2.33. The van der Waals surface area contributed by atoms with Crippen LogP contribution in [0.5, 0.6) is 11.5 Å². The maximum absolute atomic E-state index is 12.7. The predicted octanol–water partition coefficient (Wildman–Crippen LogP) is 5.23. The molecule has 1 amide bonds. The van der Waals surface area contributed by atoms with Gasteiger partial charge in [-0.05, 0) is 37.0 Å². The Bertz CT molecular complexity index is 920. The van der Waals surface area contributed by atoms with E-state index in [1.54, 1.807) is 13.8 Å². The van der Waals surface area contributed by atoms with Gasteiger partial charge in [0.25, 0.3) is 5.91 Å². The van der Waals surface area contributed by atoms with E-state index in [1.807, 2.05) is 24.3 Å². The maximum atomic E-state index is 12.7. The number of anilines is 1. The van der Waals surface area contributed by atoms with Gasteiger partial charge in [-0.15, -0.1) is 0 Å². The summed E-state index contributed by atoms with van der Waals surface area (Å²) >= 11 is 6.28. The van der Waals surface area contributed by atoms with E-state index in [2.05, 4.69) is 26.1 Å². The molecule has 2 aromatic rings. The molecule has 2 aromatic carbocycles. The summed E-state index contributed by atoms with van der Waals surface area (Å²) in [5, 5.41) is 2.92. The second kappa shape index (κ2) is 9.85. The normalized spacial score (nSPS) is 12.1. The molecule has 0 aliphatic rings. The fraction of sp³-hybridized carbons (Fsp3) is 0.391. The number of rotatable bonds is 7. The van der Waals surface area contributed by atoms with Gasteiger partial charge in [0.2, 0.25) is 0 Å². The highest BCUT2D eigenvalue weighted by Gasteiger charge is 2.23. The molecule has 0 spiro atoms. The topological polar surface area (TPSA) is 73.9 Å². The quantitative estimate of drug-likeness (QED) is 0.605. The summed E-state index contributed by atoms with van der Waals surface area (Å²) in [6.45, 7) is 9.83. The van der Waals surface area contributed by atoms with Crippen LogP contribution in [0.4, 0.5) is 5.69 Å². The van der Waals surface area contributed by atoms with Crippen LogP contribution >= 0.6 is 11.6 Å². The number of nitrogens with one attached hydrogen (secondary N) is 1. The van der Waals surface area contributed by atoms with Gasteiger partial charge in [0.1, 0.15) is 17.1 Å². The Morgan fingerprint density at radius 1 is 1.13 bits per heavy atom. The van der Waals surface area contributed by atoms with Crippen LogP contribution in [0.15, 0.2) is 36.4 Å². The fourth-order valence-electron chi connectivity index (χ4n) is 2.85. The van der Waals surface area contributed by atoms with Crippen molar-refractivity contribution in [1.29, 1.82) is 0 Å². The van der Waals surface area contributed by atoms with E-state index in [4.69, 9.17) is 25.8 Å². The molecule has 1 atom stereocenters. The summed E-state index contributed by atoms with van der Waals surface area (Å²) in [4.78, 5) is 24.8.